The fourth-order valence-electron chi connectivity index (χ4n) is 1.97. The number of hydrogen-bond donors (Lipinski definition) is 0. The largest absolute Gasteiger partial charge is 0.244 e. The highest BCUT2D eigenvalue weighted by atomic mass is 19.1. The van der Waals surface area contributed by atoms with E-state index in [4.69, 9.17) is 0 Å². The molecule has 0 unspecified atom stereocenters. The van der Waals surface area contributed by atoms with Crippen molar-refractivity contribution in [3.05, 3.63) is 0 Å². The van der Waals surface area contributed by atoms with Gasteiger partial charge in [-0.3, -0.25) is 0 Å². The Labute approximate surface area is 95.6 Å². The summed E-state index contributed by atoms with van der Waals surface area (Å²) >= 11 is 0. The van der Waals surface area contributed by atoms with Gasteiger partial charge in [-0.25, -0.2) is 4.39 Å². The van der Waals surface area contributed by atoms with Crippen LogP contribution in [-0.2, 0) is 0 Å². The van der Waals surface area contributed by atoms with Gasteiger partial charge in [0, 0.05) is 0 Å². The van der Waals surface area contributed by atoms with Gasteiger partial charge in [-0.1, -0.05) is 65.2 Å². The van der Waals surface area contributed by atoms with E-state index in [1.165, 1.54) is 38.5 Å². The predicted octanol–water partition coefficient (Wildman–Crippen LogP) is 5.66. The molecule has 0 heterocycles. The lowest BCUT2D eigenvalue weighted by Gasteiger charge is -2.20. The van der Waals surface area contributed by atoms with Gasteiger partial charge in [0.05, 0.1) is 0 Å². The van der Waals surface area contributed by atoms with Gasteiger partial charge in [0.1, 0.15) is 5.67 Å². The van der Waals surface area contributed by atoms with Crippen LogP contribution >= 0.6 is 0 Å². The number of hydrogen-bond acceptors (Lipinski definition) is 0. The first-order valence-corrected chi connectivity index (χ1v) is 6.81. The van der Waals surface area contributed by atoms with Crippen LogP contribution in [0, 0.1) is 0 Å². The smallest absolute Gasteiger partial charge is 0.108 e. The second-order valence-corrected chi connectivity index (χ2v) is 5.03. The molecule has 0 aliphatic carbocycles. The number of halogens is 1. The minimum absolute atomic E-state index is 0.763. The molecule has 0 saturated heterocycles. The Balaban J connectivity index is 3.40. The molecule has 0 spiro atoms. The van der Waals surface area contributed by atoms with Crippen molar-refractivity contribution in [1.82, 2.24) is 0 Å². The van der Waals surface area contributed by atoms with E-state index in [1.54, 1.807) is 6.92 Å². The first-order valence-electron chi connectivity index (χ1n) is 6.81. The van der Waals surface area contributed by atoms with Crippen LogP contribution in [0.3, 0.4) is 0 Å². The summed E-state index contributed by atoms with van der Waals surface area (Å²) in [5.74, 6) is 0. The third-order valence-corrected chi connectivity index (χ3v) is 3.10. The van der Waals surface area contributed by atoms with E-state index in [0.29, 0.717) is 0 Å². The molecular weight excluding hydrogens is 187 g/mol. The lowest BCUT2D eigenvalue weighted by Crippen LogP contribution is -2.17. The van der Waals surface area contributed by atoms with Gasteiger partial charge in [-0.05, 0) is 19.8 Å². The summed E-state index contributed by atoms with van der Waals surface area (Å²) in [5, 5.41) is 0. The zero-order valence-corrected chi connectivity index (χ0v) is 10.9. The summed E-state index contributed by atoms with van der Waals surface area (Å²) in [7, 11) is 0. The van der Waals surface area contributed by atoms with Crippen LogP contribution in [0.4, 0.5) is 4.39 Å². The average Bonchev–Trinajstić information content (AvgIpc) is 2.20. The number of unbranched alkanes of at least 4 members (excludes halogenated alkanes) is 6. The molecule has 0 nitrogen and oxygen atoms in total. The normalized spacial score (nSPS) is 12.0. The highest BCUT2D eigenvalue weighted by Crippen LogP contribution is 2.26. The van der Waals surface area contributed by atoms with Crippen LogP contribution in [0.1, 0.15) is 85.0 Å². The number of alkyl halides is 1. The molecule has 0 radical (unpaired) electrons. The summed E-state index contributed by atoms with van der Waals surface area (Å²) < 4.78 is 13.9. The molecule has 0 aromatic carbocycles. The van der Waals surface area contributed by atoms with Gasteiger partial charge >= 0.3 is 0 Å². The summed E-state index contributed by atoms with van der Waals surface area (Å²) in [6.45, 7) is 6.17. The fourth-order valence-corrected chi connectivity index (χ4v) is 1.97. The molecule has 0 aromatic rings. The molecule has 0 fully saturated rings. The van der Waals surface area contributed by atoms with Gasteiger partial charge in [0.25, 0.3) is 0 Å². The highest BCUT2D eigenvalue weighted by Gasteiger charge is 2.21. The fraction of sp³-hybridized carbons (Fsp3) is 1.00. The summed E-state index contributed by atoms with van der Waals surface area (Å²) in [6, 6.07) is 0. The number of rotatable bonds is 10. The zero-order valence-electron chi connectivity index (χ0n) is 10.9. The van der Waals surface area contributed by atoms with Gasteiger partial charge in [0.15, 0.2) is 0 Å². The predicted molar refractivity (Wildman–Crippen MR) is 67.0 cm³/mol. The molecule has 0 bridgehead atoms. The van der Waals surface area contributed by atoms with E-state index >= 15 is 0 Å². The highest BCUT2D eigenvalue weighted by molar-refractivity contribution is 4.72. The quantitative estimate of drug-likeness (QED) is 0.414. The molecule has 1 heteroatoms. The first kappa shape index (κ1) is 14.9. The Morgan fingerprint density at radius 3 is 1.47 bits per heavy atom. The summed E-state index contributed by atoms with van der Waals surface area (Å²) in [5.41, 5.74) is -0.901. The Hall–Kier alpha value is -0.0700. The molecule has 0 atom stereocenters. The van der Waals surface area contributed by atoms with Crippen molar-refractivity contribution < 1.29 is 4.39 Å². The first-order chi connectivity index (χ1) is 7.12. The summed E-state index contributed by atoms with van der Waals surface area (Å²) in [6.07, 6.45) is 11.0. The van der Waals surface area contributed by atoms with Crippen molar-refractivity contribution in [2.24, 2.45) is 0 Å². The summed E-state index contributed by atoms with van der Waals surface area (Å²) in [4.78, 5) is 0. The Kier molecular flexibility index (Phi) is 9.13. The minimum Gasteiger partial charge on any atom is -0.244 e. The van der Waals surface area contributed by atoms with E-state index in [9.17, 15) is 4.39 Å². The standard InChI is InChI=1S/C14H29F/c1-4-6-8-10-12-14(3,15)13-11-9-7-5-2/h4-13H2,1-3H3. The lowest BCUT2D eigenvalue weighted by atomic mass is 9.93. The van der Waals surface area contributed by atoms with Crippen LogP contribution in [0.15, 0.2) is 0 Å². The molecule has 0 N–H and O–H groups in total. The minimum atomic E-state index is -0.901. The average molecular weight is 216 g/mol. The zero-order chi connectivity index (χ0) is 11.6. The maximum Gasteiger partial charge on any atom is 0.108 e. The van der Waals surface area contributed by atoms with Gasteiger partial charge in [0.2, 0.25) is 0 Å². The van der Waals surface area contributed by atoms with E-state index in [0.717, 1.165) is 25.7 Å². The Morgan fingerprint density at radius 1 is 0.733 bits per heavy atom. The molecule has 92 valence electrons. The van der Waals surface area contributed by atoms with Crippen molar-refractivity contribution in [3.8, 4) is 0 Å². The van der Waals surface area contributed by atoms with Crippen molar-refractivity contribution in [2.75, 3.05) is 0 Å². The topological polar surface area (TPSA) is 0 Å². The van der Waals surface area contributed by atoms with Crippen LogP contribution in [0.25, 0.3) is 0 Å². The molecule has 0 aliphatic rings. The van der Waals surface area contributed by atoms with Gasteiger partial charge in [-0.2, -0.15) is 0 Å². The van der Waals surface area contributed by atoms with Crippen LogP contribution < -0.4 is 0 Å². The monoisotopic (exact) mass is 216 g/mol. The lowest BCUT2D eigenvalue weighted by molar-refractivity contribution is 0.151. The van der Waals surface area contributed by atoms with Crippen molar-refractivity contribution in [1.29, 1.82) is 0 Å². The third kappa shape index (κ3) is 10.2. The SMILES string of the molecule is CCCCCCC(C)(F)CCCCCC. The van der Waals surface area contributed by atoms with E-state index in [2.05, 4.69) is 13.8 Å². The van der Waals surface area contributed by atoms with E-state index in [-0.39, 0.29) is 0 Å². The molecular formula is C14H29F. The second-order valence-electron chi connectivity index (χ2n) is 5.03. The van der Waals surface area contributed by atoms with E-state index < -0.39 is 5.67 Å². The molecule has 15 heavy (non-hydrogen) atoms. The molecule has 0 amide bonds. The van der Waals surface area contributed by atoms with E-state index in [1.807, 2.05) is 0 Å². The second kappa shape index (κ2) is 9.18. The molecule has 0 saturated carbocycles. The van der Waals surface area contributed by atoms with Crippen LogP contribution in [0.5, 0.6) is 0 Å². The molecule has 0 aliphatic heterocycles. The third-order valence-electron chi connectivity index (χ3n) is 3.10. The maximum atomic E-state index is 13.9. The van der Waals surface area contributed by atoms with Crippen molar-refractivity contribution in [2.45, 2.75) is 90.6 Å². The van der Waals surface area contributed by atoms with Crippen molar-refractivity contribution in [3.63, 3.8) is 0 Å². The van der Waals surface area contributed by atoms with Gasteiger partial charge < -0.3 is 0 Å². The maximum absolute atomic E-state index is 13.9. The van der Waals surface area contributed by atoms with Crippen LogP contribution in [0.2, 0.25) is 0 Å². The Morgan fingerprint density at radius 2 is 1.13 bits per heavy atom. The molecule has 0 aromatic heterocycles. The van der Waals surface area contributed by atoms with Gasteiger partial charge in [-0.15, -0.1) is 0 Å². The Bertz CT molecular complexity index is 115. The van der Waals surface area contributed by atoms with Crippen molar-refractivity contribution >= 4 is 0 Å². The van der Waals surface area contributed by atoms with Crippen LogP contribution in [-0.4, -0.2) is 5.67 Å². The molecule has 0 rings (SSSR count).